The van der Waals surface area contributed by atoms with E-state index in [1.165, 1.54) is 0 Å². The van der Waals surface area contributed by atoms with Crippen LogP contribution in [0.1, 0.15) is 46.8 Å². The van der Waals surface area contributed by atoms with E-state index >= 15 is 0 Å². The molecule has 0 spiro atoms. The predicted molar refractivity (Wildman–Crippen MR) is 124 cm³/mol. The van der Waals surface area contributed by atoms with E-state index in [0.29, 0.717) is 17.3 Å². The van der Waals surface area contributed by atoms with E-state index < -0.39 is 0 Å². The third-order valence-electron chi connectivity index (χ3n) is 5.94. The first-order valence-electron chi connectivity index (χ1n) is 11.2. The minimum Gasteiger partial charge on any atom is -0.497 e. The molecule has 8 nitrogen and oxygen atoms in total. The van der Waals surface area contributed by atoms with E-state index in [1.54, 1.807) is 7.11 Å². The summed E-state index contributed by atoms with van der Waals surface area (Å²) in [5.74, 6) is 1.74. The van der Waals surface area contributed by atoms with Gasteiger partial charge in [0.25, 0.3) is 5.91 Å². The minimum atomic E-state index is -0.190. The molecule has 168 valence electrons. The van der Waals surface area contributed by atoms with E-state index in [0.717, 1.165) is 60.4 Å². The molecule has 0 bridgehead atoms. The summed E-state index contributed by atoms with van der Waals surface area (Å²) in [4.78, 5) is 17.6. The number of rotatable bonds is 6. The topological polar surface area (TPSA) is 97.7 Å². The number of benzene rings is 2. The number of fused-ring (bicyclic) bond motifs is 1. The van der Waals surface area contributed by atoms with Crippen LogP contribution in [-0.2, 0) is 19.4 Å². The van der Waals surface area contributed by atoms with Crippen molar-refractivity contribution < 1.29 is 9.53 Å². The second-order valence-corrected chi connectivity index (χ2v) is 8.10. The van der Waals surface area contributed by atoms with Gasteiger partial charge >= 0.3 is 0 Å². The van der Waals surface area contributed by atoms with Gasteiger partial charge in [-0.25, -0.2) is 9.67 Å². The fraction of sp³-hybridized carbons (Fsp3) is 0.280. The minimum absolute atomic E-state index is 0.190. The molecule has 0 aliphatic heterocycles. The smallest absolute Gasteiger partial charge is 0.272 e. The van der Waals surface area contributed by atoms with Crippen molar-refractivity contribution in [2.75, 3.05) is 7.11 Å². The van der Waals surface area contributed by atoms with Gasteiger partial charge in [-0.15, -0.1) is 0 Å². The normalized spacial score (nSPS) is 13.2. The Bertz CT molecular complexity index is 1240. The van der Waals surface area contributed by atoms with Crippen molar-refractivity contribution in [3.63, 3.8) is 0 Å². The Kier molecular flexibility index (Phi) is 5.89. The zero-order valence-corrected chi connectivity index (χ0v) is 18.5. The van der Waals surface area contributed by atoms with Crippen LogP contribution in [0.4, 0.5) is 0 Å². The van der Waals surface area contributed by atoms with Gasteiger partial charge in [0.05, 0.1) is 19.3 Å². The van der Waals surface area contributed by atoms with Gasteiger partial charge in [0.15, 0.2) is 11.5 Å². The van der Waals surface area contributed by atoms with Crippen LogP contribution in [-0.4, -0.2) is 38.0 Å². The zero-order chi connectivity index (χ0) is 22.6. The molecule has 0 unspecified atom stereocenters. The molecule has 0 fully saturated rings. The molecule has 33 heavy (non-hydrogen) atoms. The molecule has 2 heterocycles. The first-order chi connectivity index (χ1) is 16.2. The lowest BCUT2D eigenvalue weighted by molar-refractivity contribution is 0.0943. The average molecular weight is 443 g/mol. The number of methoxy groups -OCH3 is 1. The van der Waals surface area contributed by atoms with Gasteiger partial charge in [-0.1, -0.05) is 24.6 Å². The van der Waals surface area contributed by atoms with Crippen molar-refractivity contribution in [3.05, 3.63) is 77.4 Å². The second kappa shape index (κ2) is 9.28. The van der Waals surface area contributed by atoms with E-state index in [-0.39, 0.29) is 12.5 Å². The number of nitrogens with one attached hydrogen (secondary N) is 2. The monoisotopic (exact) mass is 442 g/mol. The molecular formula is C25H26N6O2. The van der Waals surface area contributed by atoms with Gasteiger partial charge in [0, 0.05) is 16.8 Å². The molecule has 0 saturated heterocycles. The second-order valence-electron chi connectivity index (χ2n) is 8.10. The largest absolute Gasteiger partial charge is 0.497 e. The van der Waals surface area contributed by atoms with Gasteiger partial charge in [-0.05, 0) is 62.1 Å². The van der Waals surface area contributed by atoms with Gasteiger partial charge in [-0.2, -0.15) is 10.2 Å². The standard InChI is InChI=1S/C25H26N6O2/c1-33-19-14-12-17(13-15-19)24-27-22(28-29-24)16-26-25(32)23-20-10-6-3-7-11-21(20)31(30-23)18-8-4-2-5-9-18/h2,4-5,8-9,12-15H,3,6-7,10-11,16H2,1H3,(H,26,32)(H,27,28,29). The van der Waals surface area contributed by atoms with Crippen LogP contribution in [0.25, 0.3) is 17.1 Å². The molecule has 0 atom stereocenters. The Labute approximate surface area is 192 Å². The van der Waals surface area contributed by atoms with Crippen LogP contribution in [0.3, 0.4) is 0 Å². The number of nitrogens with zero attached hydrogens (tertiary/aromatic N) is 4. The maximum Gasteiger partial charge on any atom is 0.272 e. The summed E-state index contributed by atoms with van der Waals surface area (Å²) in [6.45, 7) is 0.245. The van der Waals surface area contributed by atoms with Crippen molar-refractivity contribution in [2.45, 2.75) is 38.6 Å². The van der Waals surface area contributed by atoms with E-state index in [9.17, 15) is 4.79 Å². The van der Waals surface area contributed by atoms with Crippen LogP contribution >= 0.6 is 0 Å². The maximum absolute atomic E-state index is 13.1. The summed E-state index contributed by atoms with van der Waals surface area (Å²) in [6, 6.07) is 17.5. The number of amides is 1. The van der Waals surface area contributed by atoms with Crippen molar-refractivity contribution in [1.29, 1.82) is 0 Å². The lowest BCUT2D eigenvalue weighted by Gasteiger charge is -2.06. The third-order valence-corrected chi connectivity index (χ3v) is 5.94. The molecular weight excluding hydrogens is 416 g/mol. The van der Waals surface area contributed by atoms with Gasteiger partial charge in [0.1, 0.15) is 11.6 Å². The first-order valence-corrected chi connectivity index (χ1v) is 11.2. The third kappa shape index (κ3) is 4.37. The van der Waals surface area contributed by atoms with Gasteiger partial charge in [0.2, 0.25) is 0 Å². The van der Waals surface area contributed by atoms with Crippen molar-refractivity contribution in [1.82, 2.24) is 30.3 Å². The highest BCUT2D eigenvalue weighted by molar-refractivity contribution is 5.94. The summed E-state index contributed by atoms with van der Waals surface area (Å²) in [5, 5.41) is 14.9. The number of hydrogen-bond donors (Lipinski definition) is 2. The molecule has 0 radical (unpaired) electrons. The molecule has 4 aromatic rings. The first kappa shape index (κ1) is 20.9. The molecule has 2 aromatic carbocycles. The molecule has 1 amide bonds. The average Bonchev–Trinajstić information content (AvgIpc) is 3.41. The van der Waals surface area contributed by atoms with Crippen LogP contribution in [0, 0.1) is 0 Å². The molecule has 8 heteroatoms. The van der Waals surface area contributed by atoms with Crippen LogP contribution in [0.15, 0.2) is 54.6 Å². The van der Waals surface area contributed by atoms with Crippen LogP contribution < -0.4 is 10.1 Å². The Morgan fingerprint density at radius 2 is 1.85 bits per heavy atom. The number of ether oxygens (including phenoxy) is 1. The van der Waals surface area contributed by atoms with Crippen molar-refractivity contribution in [2.24, 2.45) is 0 Å². The maximum atomic E-state index is 13.1. The Hall–Kier alpha value is -3.94. The van der Waals surface area contributed by atoms with Crippen molar-refractivity contribution >= 4 is 5.91 Å². The number of aromatic nitrogens is 5. The molecule has 2 aromatic heterocycles. The summed E-state index contributed by atoms with van der Waals surface area (Å²) in [6.07, 6.45) is 5.14. The molecule has 5 rings (SSSR count). The van der Waals surface area contributed by atoms with Crippen LogP contribution in [0.5, 0.6) is 5.75 Å². The summed E-state index contributed by atoms with van der Waals surface area (Å²) >= 11 is 0. The number of aromatic amines is 1. The Morgan fingerprint density at radius 1 is 1.06 bits per heavy atom. The van der Waals surface area contributed by atoms with Crippen LogP contribution in [0.2, 0.25) is 0 Å². The summed E-state index contributed by atoms with van der Waals surface area (Å²) in [5.41, 5.74) is 4.56. The van der Waals surface area contributed by atoms with Gasteiger partial charge < -0.3 is 10.1 Å². The number of hydrogen-bond acceptors (Lipinski definition) is 5. The predicted octanol–water partition coefficient (Wildman–Crippen LogP) is 3.86. The van der Waals surface area contributed by atoms with E-state index in [2.05, 4.69) is 20.5 Å². The quantitative estimate of drug-likeness (QED) is 0.442. The summed E-state index contributed by atoms with van der Waals surface area (Å²) < 4.78 is 7.13. The lowest BCUT2D eigenvalue weighted by Crippen LogP contribution is -2.25. The highest BCUT2D eigenvalue weighted by atomic mass is 16.5. The number of carbonyl (C=O) groups is 1. The van der Waals surface area contributed by atoms with Crippen molar-refractivity contribution in [3.8, 4) is 22.8 Å². The fourth-order valence-electron chi connectivity index (χ4n) is 4.23. The highest BCUT2D eigenvalue weighted by Gasteiger charge is 2.24. The van der Waals surface area contributed by atoms with E-state index in [4.69, 9.17) is 9.84 Å². The molecule has 1 aliphatic carbocycles. The van der Waals surface area contributed by atoms with E-state index in [1.807, 2.05) is 59.3 Å². The summed E-state index contributed by atoms with van der Waals surface area (Å²) in [7, 11) is 1.63. The fourth-order valence-corrected chi connectivity index (χ4v) is 4.23. The SMILES string of the molecule is COc1ccc(-c2n[nH]c(CNC(=O)c3nn(-c4ccccc4)c4c3CCCCC4)n2)cc1. The number of para-hydroxylation sites is 1. The van der Waals surface area contributed by atoms with Gasteiger partial charge in [-0.3, -0.25) is 9.89 Å². The number of carbonyl (C=O) groups excluding carboxylic acids is 1. The molecule has 2 N–H and O–H groups in total. The molecule has 1 aliphatic rings. The lowest BCUT2D eigenvalue weighted by atomic mass is 10.1. The zero-order valence-electron chi connectivity index (χ0n) is 18.5. The Morgan fingerprint density at radius 3 is 2.64 bits per heavy atom. The molecule has 0 saturated carbocycles. The Balaban J connectivity index is 1.34. The highest BCUT2D eigenvalue weighted by Crippen LogP contribution is 2.26. The number of H-pyrrole nitrogens is 1.